The Kier molecular flexibility index (Phi) is 4.64. The van der Waals surface area contributed by atoms with Gasteiger partial charge in [-0.05, 0) is 12.1 Å². The van der Waals surface area contributed by atoms with E-state index < -0.39 is 0 Å². The first-order valence-electron chi connectivity index (χ1n) is 7.97. The molecule has 1 aliphatic heterocycles. The molecule has 7 heteroatoms. The molecular weight excluding hydrogens is 322 g/mol. The number of aromatic nitrogens is 4. The van der Waals surface area contributed by atoms with Crippen LogP contribution in [0.1, 0.15) is 22.4 Å². The quantitative estimate of drug-likeness (QED) is 0.689. The van der Waals surface area contributed by atoms with Crippen LogP contribution in [0.5, 0.6) is 0 Å². The van der Waals surface area contributed by atoms with Gasteiger partial charge in [-0.1, -0.05) is 6.07 Å². The van der Waals surface area contributed by atoms with Crippen molar-refractivity contribution in [3.8, 4) is 0 Å². The lowest BCUT2D eigenvalue weighted by Gasteiger charge is -2.33. The van der Waals surface area contributed by atoms with Gasteiger partial charge in [0.25, 0.3) is 0 Å². The molecule has 0 N–H and O–H groups in total. The van der Waals surface area contributed by atoms with Gasteiger partial charge in [-0.3, -0.25) is 9.88 Å². The van der Waals surface area contributed by atoms with Gasteiger partial charge in [0.05, 0.1) is 43.5 Å². The van der Waals surface area contributed by atoms with Gasteiger partial charge in [-0.2, -0.15) is 0 Å². The Bertz CT molecular complexity index is 758. The van der Waals surface area contributed by atoms with Gasteiger partial charge in [0.2, 0.25) is 0 Å². The summed E-state index contributed by atoms with van der Waals surface area (Å²) in [6.45, 7) is 3.89. The first kappa shape index (κ1) is 15.4. The number of hydrogen-bond donors (Lipinski definition) is 0. The molecule has 0 saturated carbocycles. The van der Waals surface area contributed by atoms with Gasteiger partial charge in [0.15, 0.2) is 0 Å². The molecule has 0 unspecified atom stereocenters. The van der Waals surface area contributed by atoms with Crippen LogP contribution in [-0.4, -0.2) is 37.6 Å². The highest BCUT2D eigenvalue weighted by atomic mass is 32.1. The van der Waals surface area contributed by atoms with E-state index in [1.165, 1.54) is 5.69 Å². The zero-order valence-corrected chi connectivity index (χ0v) is 14.1. The van der Waals surface area contributed by atoms with Crippen molar-refractivity contribution in [1.29, 1.82) is 0 Å². The summed E-state index contributed by atoms with van der Waals surface area (Å²) in [5.41, 5.74) is 2.18. The SMILES string of the molecule is c1ccc(COC[C@@H]2CN(Cc3nccs3)Cc3cncn32)nc1. The summed E-state index contributed by atoms with van der Waals surface area (Å²) >= 11 is 1.70. The molecule has 0 aliphatic carbocycles. The average Bonchev–Trinajstić information content (AvgIpc) is 3.27. The minimum Gasteiger partial charge on any atom is -0.373 e. The van der Waals surface area contributed by atoms with E-state index in [1.807, 2.05) is 42.3 Å². The molecule has 0 bridgehead atoms. The summed E-state index contributed by atoms with van der Waals surface area (Å²) in [5.74, 6) is 0. The van der Waals surface area contributed by atoms with E-state index in [0.29, 0.717) is 13.2 Å². The van der Waals surface area contributed by atoms with Gasteiger partial charge in [-0.15, -0.1) is 11.3 Å². The summed E-state index contributed by atoms with van der Waals surface area (Å²) in [4.78, 5) is 15.4. The first-order chi connectivity index (χ1) is 11.9. The second-order valence-electron chi connectivity index (χ2n) is 5.88. The van der Waals surface area contributed by atoms with Crippen LogP contribution in [0.4, 0.5) is 0 Å². The lowest BCUT2D eigenvalue weighted by molar-refractivity contribution is 0.0573. The van der Waals surface area contributed by atoms with E-state index >= 15 is 0 Å². The third kappa shape index (κ3) is 3.53. The highest BCUT2D eigenvalue weighted by molar-refractivity contribution is 7.09. The van der Waals surface area contributed by atoms with E-state index in [0.717, 1.165) is 30.3 Å². The maximum atomic E-state index is 5.92. The number of thiazole rings is 1. The maximum Gasteiger partial charge on any atom is 0.107 e. The molecule has 0 amide bonds. The monoisotopic (exact) mass is 341 g/mol. The third-order valence-corrected chi connectivity index (χ3v) is 4.89. The van der Waals surface area contributed by atoms with Crippen molar-refractivity contribution >= 4 is 11.3 Å². The topological polar surface area (TPSA) is 56.1 Å². The molecular formula is C17H19N5OS. The van der Waals surface area contributed by atoms with Crippen molar-refractivity contribution in [2.75, 3.05) is 13.2 Å². The van der Waals surface area contributed by atoms with E-state index in [2.05, 4.69) is 24.4 Å². The Labute approximate surface area is 144 Å². The fourth-order valence-electron chi connectivity index (χ4n) is 3.02. The Morgan fingerprint density at radius 2 is 2.25 bits per heavy atom. The summed E-state index contributed by atoms with van der Waals surface area (Å²) in [6.07, 6.45) is 7.51. The van der Waals surface area contributed by atoms with Gasteiger partial charge < -0.3 is 9.30 Å². The second-order valence-corrected chi connectivity index (χ2v) is 6.86. The van der Waals surface area contributed by atoms with Crippen molar-refractivity contribution in [2.45, 2.75) is 25.7 Å². The van der Waals surface area contributed by atoms with Gasteiger partial charge in [0, 0.05) is 37.1 Å². The van der Waals surface area contributed by atoms with Crippen molar-refractivity contribution in [2.24, 2.45) is 0 Å². The molecule has 4 rings (SSSR count). The number of hydrogen-bond acceptors (Lipinski definition) is 6. The van der Waals surface area contributed by atoms with Crippen LogP contribution in [-0.2, 0) is 24.4 Å². The lowest BCUT2D eigenvalue weighted by Crippen LogP contribution is -2.38. The summed E-state index contributed by atoms with van der Waals surface area (Å²) in [5, 5.41) is 3.17. The minimum atomic E-state index is 0.264. The predicted octanol–water partition coefficient (Wildman–Crippen LogP) is 2.51. The van der Waals surface area contributed by atoms with Gasteiger partial charge in [-0.25, -0.2) is 9.97 Å². The molecule has 4 heterocycles. The third-order valence-electron chi connectivity index (χ3n) is 4.12. The largest absolute Gasteiger partial charge is 0.373 e. The van der Waals surface area contributed by atoms with Crippen molar-refractivity contribution in [3.05, 3.63) is 64.9 Å². The number of fused-ring (bicyclic) bond motifs is 1. The highest BCUT2D eigenvalue weighted by Crippen LogP contribution is 2.23. The number of imidazole rings is 1. The van der Waals surface area contributed by atoms with Crippen LogP contribution in [0.3, 0.4) is 0 Å². The molecule has 0 aromatic carbocycles. The van der Waals surface area contributed by atoms with Crippen molar-refractivity contribution in [1.82, 2.24) is 24.4 Å². The highest BCUT2D eigenvalue weighted by Gasteiger charge is 2.25. The molecule has 6 nitrogen and oxygen atoms in total. The Balaban J connectivity index is 1.40. The molecule has 3 aromatic heterocycles. The first-order valence-corrected chi connectivity index (χ1v) is 8.85. The molecule has 0 spiro atoms. The van der Waals surface area contributed by atoms with Crippen LogP contribution in [0, 0.1) is 0 Å². The van der Waals surface area contributed by atoms with Crippen LogP contribution in [0.2, 0.25) is 0 Å². The van der Waals surface area contributed by atoms with E-state index in [-0.39, 0.29) is 6.04 Å². The Morgan fingerprint density at radius 1 is 1.25 bits per heavy atom. The zero-order chi connectivity index (χ0) is 16.2. The molecule has 0 saturated heterocycles. The normalized spacial score (nSPS) is 17.8. The predicted molar refractivity (Wildman–Crippen MR) is 91.4 cm³/mol. The molecule has 24 heavy (non-hydrogen) atoms. The number of rotatable bonds is 6. The van der Waals surface area contributed by atoms with Gasteiger partial charge >= 0.3 is 0 Å². The Morgan fingerprint density at radius 3 is 3.08 bits per heavy atom. The standard InChI is InChI=1S/C17H19N5OS/c1-2-4-19-14(3-1)11-23-12-16-9-21(10-17-20-5-6-24-17)8-15-7-18-13-22(15)16/h1-7,13,16H,8-12H2/t16-/m0/s1. The second kappa shape index (κ2) is 7.21. The van der Waals surface area contributed by atoms with Crippen LogP contribution >= 0.6 is 11.3 Å². The summed E-state index contributed by atoms with van der Waals surface area (Å²) in [7, 11) is 0. The smallest absolute Gasteiger partial charge is 0.107 e. The van der Waals surface area contributed by atoms with Crippen LogP contribution < -0.4 is 0 Å². The molecule has 0 radical (unpaired) electrons. The van der Waals surface area contributed by atoms with Crippen LogP contribution in [0.25, 0.3) is 0 Å². The number of pyridine rings is 1. The number of nitrogens with zero attached hydrogens (tertiary/aromatic N) is 5. The summed E-state index contributed by atoms with van der Waals surface area (Å²) < 4.78 is 8.15. The van der Waals surface area contributed by atoms with Gasteiger partial charge in [0.1, 0.15) is 5.01 Å². The van der Waals surface area contributed by atoms with Crippen molar-refractivity contribution < 1.29 is 4.74 Å². The van der Waals surface area contributed by atoms with E-state index in [1.54, 1.807) is 17.5 Å². The summed E-state index contributed by atoms with van der Waals surface area (Å²) in [6, 6.07) is 6.15. The zero-order valence-electron chi connectivity index (χ0n) is 13.3. The molecule has 3 aromatic rings. The fraction of sp³-hybridized carbons (Fsp3) is 0.353. The molecule has 1 atom stereocenters. The minimum absolute atomic E-state index is 0.264. The maximum absolute atomic E-state index is 5.92. The fourth-order valence-corrected chi connectivity index (χ4v) is 3.68. The van der Waals surface area contributed by atoms with Crippen LogP contribution in [0.15, 0.2) is 48.5 Å². The lowest BCUT2D eigenvalue weighted by atomic mass is 10.2. The molecule has 1 aliphatic rings. The van der Waals surface area contributed by atoms with E-state index in [9.17, 15) is 0 Å². The van der Waals surface area contributed by atoms with E-state index in [4.69, 9.17) is 4.74 Å². The number of ether oxygens (including phenoxy) is 1. The molecule has 0 fully saturated rings. The average molecular weight is 341 g/mol. The van der Waals surface area contributed by atoms with Crippen molar-refractivity contribution in [3.63, 3.8) is 0 Å². The molecule has 124 valence electrons. The Hall–Kier alpha value is -2.09.